The first kappa shape index (κ1) is 21.2. The topological polar surface area (TPSA) is 128 Å². The number of hydrogen-bond donors (Lipinski definition) is 1. The third-order valence-corrected chi connectivity index (χ3v) is 5.37. The number of urea groups is 1. The number of nitro benzene ring substituents is 1. The first-order chi connectivity index (χ1) is 15.1. The number of aromatic nitrogens is 1. The third-order valence-electron chi connectivity index (χ3n) is 5.37. The van der Waals surface area contributed by atoms with Crippen LogP contribution in [0.5, 0.6) is 0 Å². The fraction of sp³-hybridized carbons (Fsp3) is 0.250. The van der Waals surface area contributed by atoms with Gasteiger partial charge in [-0.3, -0.25) is 24.4 Å². The van der Waals surface area contributed by atoms with Crippen molar-refractivity contribution in [1.29, 1.82) is 0 Å². The summed E-state index contributed by atoms with van der Waals surface area (Å²) >= 11 is 0. The van der Waals surface area contributed by atoms with Gasteiger partial charge in [-0.05, 0) is 37.6 Å². The van der Waals surface area contributed by atoms with Crippen molar-refractivity contribution in [3.8, 4) is 0 Å². The number of halogens is 2. The number of non-ortho nitro benzene ring substituents is 1. The molecule has 0 spiro atoms. The third kappa shape index (κ3) is 3.39. The first-order valence-electron chi connectivity index (χ1n) is 9.49. The monoisotopic (exact) mass is 446 g/mol. The number of aryl methyl sites for hydroxylation is 1. The van der Waals surface area contributed by atoms with Gasteiger partial charge in [-0.2, -0.15) is 0 Å². The van der Waals surface area contributed by atoms with Crippen LogP contribution < -0.4 is 11.1 Å². The van der Waals surface area contributed by atoms with E-state index in [4.69, 9.17) is 4.42 Å². The summed E-state index contributed by atoms with van der Waals surface area (Å²) in [6.07, 6.45) is 0.109. The number of nitrogens with one attached hydrogen (secondary N) is 1. The second-order valence-corrected chi connectivity index (χ2v) is 7.42. The molecule has 1 aliphatic heterocycles. The number of imide groups is 1. The molecule has 1 saturated heterocycles. The molecule has 1 atom stereocenters. The average Bonchev–Trinajstić information content (AvgIpc) is 3.17. The Bertz CT molecular complexity index is 1330. The number of rotatable bonds is 6. The number of nitrogens with zero attached hydrogens (tertiary/aromatic N) is 3. The summed E-state index contributed by atoms with van der Waals surface area (Å²) < 4.78 is 34.1. The van der Waals surface area contributed by atoms with Crippen molar-refractivity contribution in [3.05, 3.63) is 74.3 Å². The molecule has 4 rings (SSSR count). The molecule has 1 fully saturated rings. The fourth-order valence-electron chi connectivity index (χ4n) is 3.73. The largest absolute Gasteiger partial charge is 0.419 e. The lowest BCUT2D eigenvalue weighted by atomic mass is 9.91. The van der Waals surface area contributed by atoms with Gasteiger partial charge in [0.1, 0.15) is 17.2 Å². The molecule has 2 heterocycles. The summed E-state index contributed by atoms with van der Waals surface area (Å²) in [4.78, 5) is 48.6. The van der Waals surface area contributed by atoms with Gasteiger partial charge < -0.3 is 9.73 Å². The van der Waals surface area contributed by atoms with Crippen molar-refractivity contribution >= 4 is 28.7 Å². The lowest BCUT2D eigenvalue weighted by Gasteiger charge is -2.22. The molecule has 1 N–H and O–H groups in total. The lowest BCUT2D eigenvalue weighted by molar-refractivity contribution is -0.384. The number of oxazole rings is 1. The number of hydrogen-bond acceptors (Lipinski definition) is 6. The molecular formula is C20H16F2N4O6. The molecule has 1 unspecified atom stereocenters. The van der Waals surface area contributed by atoms with Crippen LogP contribution in [-0.4, -0.2) is 32.9 Å². The highest BCUT2D eigenvalue weighted by Crippen LogP contribution is 2.31. The minimum absolute atomic E-state index is 0.00486. The minimum atomic E-state index is -1.79. The SMILES string of the molecule is CC1(c2cc(F)ccc2F)NC(=O)N(CCCn2c(=O)oc3ccc([N+](=O)[O-])cc32)C1=O. The maximum absolute atomic E-state index is 14.2. The van der Waals surface area contributed by atoms with Gasteiger partial charge in [0.2, 0.25) is 0 Å². The number of benzene rings is 2. The molecule has 32 heavy (non-hydrogen) atoms. The molecule has 3 amide bonds. The quantitative estimate of drug-likeness (QED) is 0.352. The van der Waals surface area contributed by atoms with Gasteiger partial charge in [0.25, 0.3) is 11.6 Å². The number of carbonyl (C=O) groups is 2. The molecule has 0 radical (unpaired) electrons. The zero-order valence-electron chi connectivity index (χ0n) is 16.6. The van der Waals surface area contributed by atoms with E-state index in [1.54, 1.807) is 0 Å². The summed E-state index contributed by atoms with van der Waals surface area (Å²) in [6, 6.07) is 5.53. The van der Waals surface area contributed by atoms with Crippen molar-refractivity contribution in [2.75, 3.05) is 6.54 Å². The second-order valence-electron chi connectivity index (χ2n) is 7.42. The van der Waals surface area contributed by atoms with Crippen LogP contribution in [0, 0.1) is 21.7 Å². The van der Waals surface area contributed by atoms with Crippen LogP contribution in [0.1, 0.15) is 18.9 Å². The molecule has 3 aromatic rings. The maximum Gasteiger partial charge on any atom is 0.419 e. The summed E-state index contributed by atoms with van der Waals surface area (Å²) in [5.41, 5.74) is -1.96. The Morgan fingerprint density at radius 2 is 1.88 bits per heavy atom. The van der Waals surface area contributed by atoms with Crippen molar-refractivity contribution in [2.24, 2.45) is 0 Å². The standard InChI is InChI=1S/C20H16F2N4O6/c1-20(13-9-11(21)3-5-14(13)22)17(27)25(18(28)23-20)8-2-7-24-15-10-12(26(30)31)4-6-16(15)32-19(24)29/h3-6,9-10H,2,7-8H2,1H3,(H,23,28). The van der Waals surface area contributed by atoms with E-state index in [2.05, 4.69) is 5.32 Å². The van der Waals surface area contributed by atoms with Crippen LogP contribution in [0.3, 0.4) is 0 Å². The Hall–Kier alpha value is -4.09. The van der Waals surface area contributed by atoms with Gasteiger partial charge in [-0.25, -0.2) is 18.4 Å². The number of carbonyl (C=O) groups excluding carboxylic acids is 2. The van der Waals surface area contributed by atoms with E-state index in [1.165, 1.54) is 25.1 Å². The van der Waals surface area contributed by atoms with E-state index in [-0.39, 0.29) is 41.9 Å². The Balaban J connectivity index is 1.53. The van der Waals surface area contributed by atoms with Crippen molar-refractivity contribution < 1.29 is 27.7 Å². The first-order valence-corrected chi connectivity index (χ1v) is 9.49. The molecule has 12 heteroatoms. The van der Waals surface area contributed by atoms with Crippen molar-refractivity contribution in [2.45, 2.75) is 25.4 Å². The van der Waals surface area contributed by atoms with Crippen molar-refractivity contribution in [3.63, 3.8) is 0 Å². The molecule has 166 valence electrons. The zero-order chi connectivity index (χ0) is 23.2. The average molecular weight is 446 g/mol. The van der Waals surface area contributed by atoms with E-state index in [0.29, 0.717) is 0 Å². The van der Waals surface area contributed by atoms with Gasteiger partial charge in [-0.15, -0.1) is 0 Å². The molecule has 1 aromatic heterocycles. The van der Waals surface area contributed by atoms with Gasteiger partial charge >= 0.3 is 11.8 Å². The summed E-state index contributed by atoms with van der Waals surface area (Å²) in [7, 11) is 0. The lowest BCUT2D eigenvalue weighted by Crippen LogP contribution is -2.42. The molecule has 2 aromatic carbocycles. The highest BCUT2D eigenvalue weighted by atomic mass is 19.1. The van der Waals surface area contributed by atoms with Gasteiger partial charge in [0.15, 0.2) is 5.58 Å². The highest BCUT2D eigenvalue weighted by Gasteiger charge is 2.50. The Kier molecular flexibility index (Phi) is 4.99. The van der Waals surface area contributed by atoms with Gasteiger partial charge in [0.05, 0.1) is 10.4 Å². The summed E-state index contributed by atoms with van der Waals surface area (Å²) in [5.74, 6) is -3.12. The van der Waals surface area contributed by atoms with Crippen LogP contribution in [0.2, 0.25) is 0 Å². The number of amides is 3. The normalized spacial score (nSPS) is 18.4. The fourth-order valence-corrected chi connectivity index (χ4v) is 3.73. The second kappa shape index (κ2) is 7.55. The summed E-state index contributed by atoms with van der Waals surface area (Å²) in [5, 5.41) is 13.4. The molecule has 10 nitrogen and oxygen atoms in total. The predicted molar refractivity (Wildman–Crippen MR) is 106 cm³/mol. The van der Waals surface area contributed by atoms with E-state index in [0.717, 1.165) is 27.7 Å². The van der Waals surface area contributed by atoms with E-state index >= 15 is 0 Å². The van der Waals surface area contributed by atoms with Crippen LogP contribution in [0.4, 0.5) is 19.3 Å². The van der Waals surface area contributed by atoms with Gasteiger partial charge in [-0.1, -0.05) is 0 Å². The van der Waals surface area contributed by atoms with E-state index in [9.17, 15) is 33.3 Å². The maximum atomic E-state index is 14.2. The zero-order valence-corrected chi connectivity index (χ0v) is 16.6. The summed E-state index contributed by atoms with van der Waals surface area (Å²) in [6.45, 7) is 1.14. The van der Waals surface area contributed by atoms with Crippen LogP contribution in [0.25, 0.3) is 11.1 Å². The molecule has 0 bridgehead atoms. The van der Waals surface area contributed by atoms with Gasteiger partial charge in [0, 0.05) is 30.8 Å². The van der Waals surface area contributed by atoms with Crippen LogP contribution in [0.15, 0.2) is 45.6 Å². The molecular weight excluding hydrogens is 430 g/mol. The van der Waals surface area contributed by atoms with E-state index in [1.807, 2.05) is 0 Å². The van der Waals surface area contributed by atoms with E-state index < -0.39 is 39.8 Å². The highest BCUT2D eigenvalue weighted by molar-refractivity contribution is 6.07. The molecule has 0 aliphatic carbocycles. The smallest absolute Gasteiger partial charge is 0.408 e. The van der Waals surface area contributed by atoms with Crippen molar-refractivity contribution in [1.82, 2.24) is 14.8 Å². The Morgan fingerprint density at radius 3 is 2.59 bits per heavy atom. The number of nitro groups is 1. The number of fused-ring (bicyclic) bond motifs is 1. The molecule has 1 aliphatic rings. The predicted octanol–water partition coefficient (Wildman–Crippen LogP) is 2.64. The molecule has 0 saturated carbocycles. The van der Waals surface area contributed by atoms with Crippen LogP contribution >= 0.6 is 0 Å². The van der Waals surface area contributed by atoms with Crippen LogP contribution in [-0.2, 0) is 16.9 Å². The minimum Gasteiger partial charge on any atom is -0.408 e. The Labute approximate surface area is 178 Å². The Morgan fingerprint density at radius 1 is 1.12 bits per heavy atom.